The number of hydrogen-bond donors (Lipinski definition) is 1. The van der Waals surface area contributed by atoms with Gasteiger partial charge in [0.25, 0.3) is 0 Å². The lowest BCUT2D eigenvalue weighted by Crippen LogP contribution is -2.22. The van der Waals surface area contributed by atoms with Crippen molar-refractivity contribution in [1.29, 1.82) is 0 Å². The van der Waals surface area contributed by atoms with Crippen molar-refractivity contribution in [2.24, 2.45) is 5.73 Å². The molecule has 4 nitrogen and oxygen atoms in total. The van der Waals surface area contributed by atoms with Crippen molar-refractivity contribution >= 4 is 0 Å². The van der Waals surface area contributed by atoms with Crippen LogP contribution in [0.3, 0.4) is 0 Å². The minimum atomic E-state index is 0.0718. The van der Waals surface area contributed by atoms with Gasteiger partial charge in [0.1, 0.15) is 5.82 Å². The second kappa shape index (κ2) is 4.01. The third kappa shape index (κ3) is 2.32. The minimum absolute atomic E-state index is 0.0718. The van der Waals surface area contributed by atoms with Crippen molar-refractivity contribution in [2.75, 3.05) is 7.11 Å². The summed E-state index contributed by atoms with van der Waals surface area (Å²) in [6.45, 7) is 3.88. The predicted molar refractivity (Wildman–Crippen MR) is 62.5 cm³/mol. The lowest BCUT2D eigenvalue weighted by atomic mass is 10.0. The van der Waals surface area contributed by atoms with Gasteiger partial charge in [0, 0.05) is 16.8 Å². The van der Waals surface area contributed by atoms with Crippen molar-refractivity contribution in [2.45, 2.75) is 45.1 Å². The van der Waals surface area contributed by atoms with E-state index in [4.69, 9.17) is 10.5 Å². The monoisotopic (exact) mass is 221 g/mol. The van der Waals surface area contributed by atoms with Crippen molar-refractivity contribution in [3.05, 3.63) is 17.1 Å². The van der Waals surface area contributed by atoms with Gasteiger partial charge in [0.2, 0.25) is 5.88 Å². The standard InChI is InChI=1S/C12H19N3O/c1-8-10(4-5-12(13)6-7-12)11(16-3)15-9(2)14-8/h4-7,13H2,1-3H3. The van der Waals surface area contributed by atoms with Crippen LogP contribution in [-0.4, -0.2) is 22.6 Å². The van der Waals surface area contributed by atoms with Crippen LogP contribution in [0, 0.1) is 13.8 Å². The third-order valence-electron chi connectivity index (χ3n) is 3.25. The van der Waals surface area contributed by atoms with E-state index in [1.54, 1.807) is 7.11 Å². The number of nitrogens with zero attached hydrogens (tertiary/aromatic N) is 2. The van der Waals surface area contributed by atoms with E-state index in [-0.39, 0.29) is 5.54 Å². The maximum absolute atomic E-state index is 6.08. The van der Waals surface area contributed by atoms with Gasteiger partial charge in [-0.15, -0.1) is 0 Å². The molecule has 2 rings (SSSR count). The number of nitrogens with two attached hydrogens (primary N) is 1. The maximum Gasteiger partial charge on any atom is 0.219 e. The van der Waals surface area contributed by atoms with E-state index in [0.717, 1.165) is 42.8 Å². The molecular weight excluding hydrogens is 202 g/mol. The van der Waals surface area contributed by atoms with Crippen molar-refractivity contribution < 1.29 is 4.74 Å². The van der Waals surface area contributed by atoms with Gasteiger partial charge in [-0.2, -0.15) is 4.98 Å². The molecule has 2 N–H and O–H groups in total. The molecule has 0 spiro atoms. The Morgan fingerprint density at radius 1 is 1.31 bits per heavy atom. The average Bonchev–Trinajstić information content (AvgIpc) is 2.94. The van der Waals surface area contributed by atoms with Crippen molar-refractivity contribution in [3.63, 3.8) is 0 Å². The molecule has 1 aromatic rings. The molecule has 0 bridgehead atoms. The predicted octanol–water partition coefficient (Wildman–Crippen LogP) is 1.53. The highest BCUT2D eigenvalue weighted by molar-refractivity contribution is 5.31. The molecule has 0 atom stereocenters. The lowest BCUT2D eigenvalue weighted by molar-refractivity contribution is 0.387. The number of aryl methyl sites for hydroxylation is 2. The van der Waals surface area contributed by atoms with Gasteiger partial charge in [0.15, 0.2) is 0 Å². The Morgan fingerprint density at radius 3 is 2.56 bits per heavy atom. The fraction of sp³-hybridized carbons (Fsp3) is 0.667. The third-order valence-corrected chi connectivity index (χ3v) is 3.25. The molecule has 1 fully saturated rings. The molecule has 0 amide bonds. The molecule has 1 aliphatic rings. The first-order chi connectivity index (χ1) is 7.54. The zero-order valence-electron chi connectivity index (χ0n) is 10.2. The Labute approximate surface area is 96.2 Å². The Morgan fingerprint density at radius 2 is 2.00 bits per heavy atom. The lowest BCUT2D eigenvalue weighted by Gasteiger charge is -2.13. The van der Waals surface area contributed by atoms with Crippen LogP contribution in [0.15, 0.2) is 0 Å². The Kier molecular flexibility index (Phi) is 2.84. The van der Waals surface area contributed by atoms with Crippen LogP contribution in [0.25, 0.3) is 0 Å². The van der Waals surface area contributed by atoms with Gasteiger partial charge >= 0.3 is 0 Å². The van der Waals surface area contributed by atoms with Crippen molar-refractivity contribution in [1.82, 2.24) is 9.97 Å². The van der Waals surface area contributed by atoms with Gasteiger partial charge in [-0.05, 0) is 39.5 Å². The van der Waals surface area contributed by atoms with Crippen LogP contribution in [0.1, 0.15) is 36.3 Å². The minimum Gasteiger partial charge on any atom is -0.481 e. The molecule has 0 aromatic carbocycles. The summed E-state index contributed by atoms with van der Waals surface area (Å²) in [5.41, 5.74) is 8.27. The molecule has 1 heterocycles. The van der Waals surface area contributed by atoms with Crippen LogP contribution in [0.2, 0.25) is 0 Å². The molecule has 0 saturated heterocycles. The molecule has 16 heavy (non-hydrogen) atoms. The average molecular weight is 221 g/mol. The fourth-order valence-corrected chi connectivity index (χ4v) is 1.95. The molecule has 0 aliphatic heterocycles. The summed E-state index contributed by atoms with van der Waals surface area (Å²) in [7, 11) is 1.65. The first kappa shape index (κ1) is 11.3. The van der Waals surface area contributed by atoms with Gasteiger partial charge in [-0.25, -0.2) is 4.98 Å². The summed E-state index contributed by atoms with van der Waals surface area (Å²) < 4.78 is 5.30. The number of hydrogen-bond acceptors (Lipinski definition) is 4. The van der Waals surface area contributed by atoms with E-state index in [2.05, 4.69) is 9.97 Å². The summed E-state index contributed by atoms with van der Waals surface area (Å²) in [4.78, 5) is 8.67. The smallest absolute Gasteiger partial charge is 0.219 e. The summed E-state index contributed by atoms with van der Waals surface area (Å²) in [6.07, 6.45) is 4.19. The van der Waals surface area contributed by atoms with Gasteiger partial charge in [-0.3, -0.25) is 0 Å². The molecule has 1 aliphatic carbocycles. The number of rotatable bonds is 4. The quantitative estimate of drug-likeness (QED) is 0.837. The highest BCUT2D eigenvalue weighted by atomic mass is 16.5. The fourth-order valence-electron chi connectivity index (χ4n) is 1.95. The van der Waals surface area contributed by atoms with Crippen LogP contribution in [0.5, 0.6) is 5.88 Å². The summed E-state index contributed by atoms with van der Waals surface area (Å²) in [5, 5.41) is 0. The van der Waals surface area contributed by atoms with E-state index in [0.29, 0.717) is 5.88 Å². The Bertz CT molecular complexity index is 399. The second-order valence-corrected chi connectivity index (χ2v) is 4.71. The maximum atomic E-state index is 6.08. The van der Waals surface area contributed by atoms with Gasteiger partial charge < -0.3 is 10.5 Å². The largest absolute Gasteiger partial charge is 0.481 e. The molecule has 4 heteroatoms. The summed E-state index contributed by atoms with van der Waals surface area (Å²) in [6, 6.07) is 0. The number of aromatic nitrogens is 2. The zero-order chi connectivity index (χ0) is 11.8. The molecule has 0 unspecified atom stereocenters. The van der Waals surface area contributed by atoms with E-state index in [1.165, 1.54) is 0 Å². The first-order valence-electron chi connectivity index (χ1n) is 5.71. The molecule has 88 valence electrons. The second-order valence-electron chi connectivity index (χ2n) is 4.71. The molecule has 1 aromatic heterocycles. The summed E-state index contributed by atoms with van der Waals surface area (Å²) in [5.74, 6) is 1.46. The topological polar surface area (TPSA) is 61.0 Å². The van der Waals surface area contributed by atoms with E-state index < -0.39 is 0 Å². The zero-order valence-corrected chi connectivity index (χ0v) is 10.2. The van der Waals surface area contributed by atoms with Crippen LogP contribution < -0.4 is 10.5 Å². The van der Waals surface area contributed by atoms with Crippen LogP contribution in [-0.2, 0) is 6.42 Å². The van der Waals surface area contributed by atoms with E-state index in [9.17, 15) is 0 Å². The SMILES string of the molecule is COc1nc(C)nc(C)c1CCC1(N)CC1. The van der Waals surface area contributed by atoms with Gasteiger partial charge in [-0.1, -0.05) is 0 Å². The highest BCUT2D eigenvalue weighted by Crippen LogP contribution is 2.37. The molecule has 1 saturated carbocycles. The summed E-state index contributed by atoms with van der Waals surface area (Å²) >= 11 is 0. The van der Waals surface area contributed by atoms with Crippen LogP contribution in [0.4, 0.5) is 0 Å². The van der Waals surface area contributed by atoms with Crippen LogP contribution >= 0.6 is 0 Å². The molecule has 0 radical (unpaired) electrons. The first-order valence-corrected chi connectivity index (χ1v) is 5.71. The van der Waals surface area contributed by atoms with E-state index >= 15 is 0 Å². The number of methoxy groups -OCH3 is 1. The highest BCUT2D eigenvalue weighted by Gasteiger charge is 2.37. The Hall–Kier alpha value is -1.16. The van der Waals surface area contributed by atoms with Crippen molar-refractivity contribution in [3.8, 4) is 5.88 Å². The van der Waals surface area contributed by atoms with E-state index in [1.807, 2.05) is 13.8 Å². The normalized spacial score (nSPS) is 17.2. The number of ether oxygens (including phenoxy) is 1. The Balaban J connectivity index is 2.17. The van der Waals surface area contributed by atoms with Gasteiger partial charge in [0.05, 0.1) is 7.11 Å². The molecular formula is C12H19N3O.